The number of rotatable bonds is 5. The second-order valence-electron chi connectivity index (χ2n) is 6.38. The number of benzene rings is 1. The van der Waals surface area contributed by atoms with Crippen LogP contribution in [0, 0.1) is 0 Å². The van der Waals surface area contributed by atoms with Crippen LogP contribution in [0.25, 0.3) is 0 Å². The van der Waals surface area contributed by atoms with E-state index in [2.05, 4.69) is 5.32 Å². The summed E-state index contributed by atoms with van der Waals surface area (Å²) in [7, 11) is 0. The maximum absolute atomic E-state index is 12.3. The Morgan fingerprint density at radius 1 is 1.25 bits per heavy atom. The molecule has 2 unspecified atom stereocenters. The Hall–Kier alpha value is -2.21. The summed E-state index contributed by atoms with van der Waals surface area (Å²) in [5.41, 5.74) is 1.39. The van der Waals surface area contributed by atoms with Crippen LogP contribution in [-0.4, -0.2) is 41.4 Å². The van der Waals surface area contributed by atoms with Gasteiger partial charge in [0, 0.05) is 25.0 Å². The standard InChI is InChI=1S/C18H22N2O4/c1-12(15-3-2-10-24-15)19-18(23)14-6-4-13(5-7-14)11-20-16(21)8-9-17(20)22/h4-7,12,15H,2-3,8-11H2,1H3,(H,19,23). The number of likely N-dealkylation sites (tertiary alicyclic amines) is 1. The van der Waals surface area contributed by atoms with Gasteiger partial charge >= 0.3 is 0 Å². The van der Waals surface area contributed by atoms with Gasteiger partial charge in [-0.3, -0.25) is 19.3 Å². The third kappa shape index (κ3) is 3.64. The van der Waals surface area contributed by atoms with E-state index >= 15 is 0 Å². The van der Waals surface area contributed by atoms with Crippen LogP contribution in [-0.2, 0) is 20.9 Å². The van der Waals surface area contributed by atoms with Crippen molar-refractivity contribution in [2.45, 2.75) is 51.3 Å². The van der Waals surface area contributed by atoms with E-state index in [9.17, 15) is 14.4 Å². The molecular formula is C18H22N2O4. The fraction of sp³-hybridized carbons (Fsp3) is 0.500. The summed E-state index contributed by atoms with van der Waals surface area (Å²) >= 11 is 0. The van der Waals surface area contributed by atoms with Crippen molar-refractivity contribution in [3.63, 3.8) is 0 Å². The number of hydrogen-bond acceptors (Lipinski definition) is 4. The van der Waals surface area contributed by atoms with Crippen LogP contribution in [0.4, 0.5) is 0 Å². The van der Waals surface area contributed by atoms with Crippen LogP contribution in [0.1, 0.15) is 48.5 Å². The molecule has 6 nitrogen and oxygen atoms in total. The lowest BCUT2D eigenvalue weighted by Crippen LogP contribution is -2.40. The highest BCUT2D eigenvalue weighted by Gasteiger charge is 2.28. The van der Waals surface area contributed by atoms with E-state index in [1.807, 2.05) is 6.92 Å². The molecule has 2 saturated heterocycles. The minimum absolute atomic E-state index is 0.0282. The molecule has 1 aromatic rings. The van der Waals surface area contributed by atoms with Crippen LogP contribution >= 0.6 is 0 Å². The lowest BCUT2D eigenvalue weighted by Gasteiger charge is -2.20. The Kier molecular flexibility index (Phi) is 4.94. The van der Waals surface area contributed by atoms with Crippen molar-refractivity contribution in [3.05, 3.63) is 35.4 Å². The van der Waals surface area contributed by atoms with Crippen LogP contribution < -0.4 is 5.32 Å². The zero-order valence-electron chi connectivity index (χ0n) is 13.8. The molecule has 0 aliphatic carbocycles. The molecule has 24 heavy (non-hydrogen) atoms. The van der Waals surface area contributed by atoms with Gasteiger partial charge in [-0.05, 0) is 37.5 Å². The van der Waals surface area contributed by atoms with Gasteiger partial charge in [0.1, 0.15) is 0 Å². The Labute approximate surface area is 141 Å². The lowest BCUT2D eigenvalue weighted by molar-refractivity contribution is -0.139. The van der Waals surface area contributed by atoms with Crippen molar-refractivity contribution in [1.29, 1.82) is 0 Å². The molecule has 2 aliphatic heterocycles. The fourth-order valence-electron chi connectivity index (χ4n) is 3.12. The molecule has 2 heterocycles. The Morgan fingerprint density at radius 3 is 2.50 bits per heavy atom. The van der Waals surface area contributed by atoms with E-state index in [1.54, 1.807) is 24.3 Å². The molecule has 128 valence electrons. The predicted molar refractivity (Wildman–Crippen MR) is 87.1 cm³/mol. The second-order valence-corrected chi connectivity index (χ2v) is 6.38. The van der Waals surface area contributed by atoms with Gasteiger partial charge in [0.25, 0.3) is 5.91 Å². The average molecular weight is 330 g/mol. The highest BCUT2D eigenvalue weighted by molar-refractivity contribution is 6.01. The molecule has 2 aliphatic rings. The molecule has 0 saturated carbocycles. The van der Waals surface area contributed by atoms with E-state index in [0.29, 0.717) is 18.4 Å². The number of nitrogens with one attached hydrogen (secondary N) is 1. The number of ether oxygens (including phenoxy) is 1. The predicted octanol–water partition coefficient (Wildman–Crippen LogP) is 1.63. The maximum Gasteiger partial charge on any atom is 0.251 e. The third-order valence-corrected chi connectivity index (χ3v) is 4.59. The summed E-state index contributed by atoms with van der Waals surface area (Å²) in [5.74, 6) is -0.405. The van der Waals surface area contributed by atoms with Crippen LogP contribution in [0.3, 0.4) is 0 Å². The minimum Gasteiger partial charge on any atom is -0.376 e. The SMILES string of the molecule is CC(NC(=O)c1ccc(CN2C(=O)CCC2=O)cc1)C1CCCO1. The molecule has 2 fully saturated rings. The van der Waals surface area contributed by atoms with Gasteiger partial charge < -0.3 is 10.1 Å². The summed E-state index contributed by atoms with van der Waals surface area (Å²) in [6, 6.07) is 6.98. The monoisotopic (exact) mass is 330 g/mol. The third-order valence-electron chi connectivity index (χ3n) is 4.59. The van der Waals surface area contributed by atoms with Gasteiger partial charge in [0.2, 0.25) is 11.8 Å². The van der Waals surface area contributed by atoms with Gasteiger partial charge in [0.15, 0.2) is 0 Å². The zero-order chi connectivity index (χ0) is 17.1. The van der Waals surface area contributed by atoms with Crippen molar-refractivity contribution >= 4 is 17.7 Å². The van der Waals surface area contributed by atoms with Crippen LogP contribution in [0.5, 0.6) is 0 Å². The van der Waals surface area contributed by atoms with Gasteiger partial charge in [-0.25, -0.2) is 0 Å². The molecule has 0 bridgehead atoms. The summed E-state index contributed by atoms with van der Waals surface area (Å²) in [4.78, 5) is 36.8. The second kappa shape index (κ2) is 7.13. The summed E-state index contributed by atoms with van der Waals surface area (Å²) in [6.07, 6.45) is 2.67. The number of carbonyl (C=O) groups is 3. The highest BCUT2D eigenvalue weighted by Crippen LogP contribution is 2.17. The number of imide groups is 1. The lowest BCUT2D eigenvalue weighted by atomic mass is 10.1. The minimum atomic E-state index is -0.141. The van der Waals surface area contributed by atoms with Crippen LogP contribution in [0.15, 0.2) is 24.3 Å². The zero-order valence-corrected chi connectivity index (χ0v) is 13.8. The Balaban J connectivity index is 1.58. The van der Waals surface area contributed by atoms with Crippen molar-refractivity contribution < 1.29 is 19.1 Å². The first-order valence-corrected chi connectivity index (χ1v) is 8.39. The first kappa shape index (κ1) is 16.6. The van der Waals surface area contributed by atoms with E-state index in [0.717, 1.165) is 25.0 Å². The average Bonchev–Trinajstić information content (AvgIpc) is 3.21. The first-order chi connectivity index (χ1) is 11.5. The molecule has 3 amide bonds. The Bertz CT molecular complexity index is 619. The van der Waals surface area contributed by atoms with E-state index < -0.39 is 0 Å². The summed E-state index contributed by atoms with van der Waals surface area (Å²) < 4.78 is 5.58. The maximum atomic E-state index is 12.3. The molecule has 6 heteroatoms. The van der Waals surface area contributed by atoms with Gasteiger partial charge in [0.05, 0.1) is 18.7 Å². The summed E-state index contributed by atoms with van der Waals surface area (Å²) in [5, 5.41) is 2.96. The van der Waals surface area contributed by atoms with Gasteiger partial charge in [-0.2, -0.15) is 0 Å². The largest absolute Gasteiger partial charge is 0.376 e. The quantitative estimate of drug-likeness (QED) is 0.833. The normalized spacial score (nSPS) is 22.0. The van der Waals surface area contributed by atoms with Gasteiger partial charge in [-0.15, -0.1) is 0 Å². The van der Waals surface area contributed by atoms with Gasteiger partial charge in [-0.1, -0.05) is 12.1 Å². The van der Waals surface area contributed by atoms with Crippen molar-refractivity contribution in [2.24, 2.45) is 0 Å². The van der Waals surface area contributed by atoms with E-state index in [1.165, 1.54) is 4.90 Å². The van der Waals surface area contributed by atoms with Crippen molar-refractivity contribution in [3.8, 4) is 0 Å². The number of carbonyl (C=O) groups excluding carboxylic acids is 3. The topological polar surface area (TPSA) is 75.7 Å². The molecule has 3 rings (SSSR count). The fourth-order valence-corrected chi connectivity index (χ4v) is 3.12. The molecule has 1 aromatic carbocycles. The van der Waals surface area contributed by atoms with Crippen molar-refractivity contribution in [1.82, 2.24) is 10.2 Å². The molecule has 0 spiro atoms. The molecule has 1 N–H and O–H groups in total. The van der Waals surface area contributed by atoms with E-state index in [-0.39, 0.29) is 36.4 Å². The highest BCUT2D eigenvalue weighted by atomic mass is 16.5. The molecule has 0 aromatic heterocycles. The smallest absolute Gasteiger partial charge is 0.251 e. The first-order valence-electron chi connectivity index (χ1n) is 8.39. The molecule has 0 radical (unpaired) electrons. The van der Waals surface area contributed by atoms with Crippen LogP contribution in [0.2, 0.25) is 0 Å². The van der Waals surface area contributed by atoms with Crippen molar-refractivity contribution in [2.75, 3.05) is 6.61 Å². The number of hydrogen-bond donors (Lipinski definition) is 1. The Morgan fingerprint density at radius 2 is 1.92 bits per heavy atom. The summed E-state index contributed by atoms with van der Waals surface area (Å²) in [6.45, 7) is 2.98. The number of nitrogens with zero attached hydrogens (tertiary/aromatic N) is 1. The molecular weight excluding hydrogens is 308 g/mol. The molecule has 2 atom stereocenters. The number of amides is 3. The van der Waals surface area contributed by atoms with E-state index in [4.69, 9.17) is 4.74 Å².